The molecule has 0 saturated heterocycles. The highest BCUT2D eigenvalue weighted by Crippen LogP contribution is 2.32. The molecule has 1 heterocycles. The zero-order chi connectivity index (χ0) is 21.0. The van der Waals surface area contributed by atoms with Crippen LogP contribution in [0.1, 0.15) is 22.3 Å². The van der Waals surface area contributed by atoms with Gasteiger partial charge in [0, 0.05) is 30.8 Å². The van der Waals surface area contributed by atoms with Gasteiger partial charge < -0.3 is 10.6 Å². The number of hydrogen-bond donors (Lipinski definition) is 2. The van der Waals surface area contributed by atoms with Gasteiger partial charge in [-0.1, -0.05) is 18.2 Å². The smallest absolute Gasteiger partial charge is 0.269 e. The Morgan fingerprint density at radius 3 is 2.17 bits per heavy atom. The van der Waals surface area contributed by atoms with Gasteiger partial charge in [0.1, 0.15) is 4.91 Å². The minimum absolute atomic E-state index is 0.109. The van der Waals surface area contributed by atoms with E-state index in [2.05, 4.69) is 10.6 Å². The first-order valence-corrected chi connectivity index (χ1v) is 10.2. The number of rotatable bonds is 7. The van der Waals surface area contributed by atoms with Crippen molar-refractivity contribution in [1.29, 1.82) is 0 Å². The summed E-state index contributed by atoms with van der Waals surface area (Å²) in [4.78, 5) is 34.1. The standard InChI is InChI=1S/C19H17N3O6S/c23-18(13-6-8-15(9-7-13)22(25)26)20-10-3-11-21-19(24)17-12-14-4-1-2-5-16(14)29(17,27)28/h1-2,4-9,12H,3,10-11H2,(H,20,23)(H,21,24). The molecule has 0 spiro atoms. The number of carbonyl (C=O) groups excluding carboxylic acids is 2. The molecule has 3 rings (SSSR count). The van der Waals surface area contributed by atoms with Crippen LogP contribution in [0.5, 0.6) is 0 Å². The fourth-order valence-corrected chi connectivity index (χ4v) is 4.32. The van der Waals surface area contributed by atoms with Crippen LogP contribution >= 0.6 is 0 Å². The van der Waals surface area contributed by atoms with Crippen LogP contribution in [0.25, 0.3) is 6.08 Å². The van der Waals surface area contributed by atoms with Crippen LogP contribution in [0.15, 0.2) is 58.3 Å². The largest absolute Gasteiger partial charge is 0.352 e. The predicted molar refractivity (Wildman–Crippen MR) is 105 cm³/mol. The summed E-state index contributed by atoms with van der Waals surface area (Å²) in [6, 6.07) is 11.6. The highest BCUT2D eigenvalue weighted by Gasteiger charge is 2.33. The number of nitrogens with one attached hydrogen (secondary N) is 2. The zero-order valence-corrected chi connectivity index (χ0v) is 15.9. The maximum atomic E-state index is 12.4. The highest BCUT2D eigenvalue weighted by molar-refractivity contribution is 7.96. The van der Waals surface area contributed by atoms with Crippen molar-refractivity contribution < 1.29 is 22.9 Å². The van der Waals surface area contributed by atoms with E-state index in [4.69, 9.17) is 0 Å². The Morgan fingerprint density at radius 2 is 1.55 bits per heavy atom. The van der Waals surface area contributed by atoms with Crippen LogP contribution in [0.3, 0.4) is 0 Å². The first kappa shape index (κ1) is 20.2. The average molecular weight is 415 g/mol. The van der Waals surface area contributed by atoms with E-state index in [9.17, 15) is 28.1 Å². The molecule has 0 aliphatic carbocycles. The number of nitro benzene ring substituents is 1. The molecule has 10 heteroatoms. The van der Waals surface area contributed by atoms with E-state index in [0.717, 1.165) is 0 Å². The molecular weight excluding hydrogens is 398 g/mol. The SMILES string of the molecule is O=C(NCCCNC(=O)c1ccc([N+](=O)[O-])cc1)C1=Cc2ccccc2S1(=O)=O. The number of nitro groups is 1. The number of amides is 2. The van der Waals surface area contributed by atoms with Crippen molar-refractivity contribution >= 4 is 33.4 Å². The Morgan fingerprint density at radius 1 is 0.931 bits per heavy atom. The van der Waals surface area contributed by atoms with E-state index in [1.807, 2.05) is 0 Å². The summed E-state index contributed by atoms with van der Waals surface area (Å²) in [6.07, 6.45) is 1.72. The normalized spacial score (nSPS) is 13.9. The van der Waals surface area contributed by atoms with Crippen molar-refractivity contribution in [2.75, 3.05) is 13.1 Å². The lowest BCUT2D eigenvalue weighted by Crippen LogP contribution is -2.31. The van der Waals surface area contributed by atoms with Crippen molar-refractivity contribution in [3.63, 3.8) is 0 Å². The lowest BCUT2D eigenvalue weighted by atomic mass is 10.2. The van der Waals surface area contributed by atoms with Gasteiger partial charge in [-0.25, -0.2) is 8.42 Å². The topological polar surface area (TPSA) is 135 Å². The molecule has 2 amide bonds. The quantitative estimate of drug-likeness (QED) is 0.401. The first-order chi connectivity index (χ1) is 13.8. The van der Waals surface area contributed by atoms with Gasteiger partial charge in [0.05, 0.1) is 9.82 Å². The summed E-state index contributed by atoms with van der Waals surface area (Å²) < 4.78 is 24.8. The third-order valence-electron chi connectivity index (χ3n) is 4.27. The number of nitrogens with zero attached hydrogens (tertiary/aromatic N) is 1. The minimum atomic E-state index is -3.82. The molecule has 2 aromatic rings. The van der Waals surface area contributed by atoms with Gasteiger partial charge in [0.2, 0.25) is 9.84 Å². The van der Waals surface area contributed by atoms with Crippen molar-refractivity contribution in [2.24, 2.45) is 0 Å². The van der Waals surface area contributed by atoms with E-state index >= 15 is 0 Å². The Hall–Kier alpha value is -3.53. The second-order valence-corrected chi connectivity index (χ2v) is 8.11. The van der Waals surface area contributed by atoms with E-state index in [0.29, 0.717) is 12.0 Å². The summed E-state index contributed by atoms with van der Waals surface area (Å²) in [6.45, 7) is 0.407. The molecular formula is C19H17N3O6S. The second kappa shape index (κ2) is 8.23. The summed E-state index contributed by atoms with van der Waals surface area (Å²) in [5.74, 6) is -1.09. The molecule has 150 valence electrons. The number of sulfone groups is 1. The molecule has 29 heavy (non-hydrogen) atoms. The second-order valence-electron chi connectivity index (χ2n) is 6.22. The van der Waals surface area contributed by atoms with Gasteiger partial charge in [0.25, 0.3) is 17.5 Å². The predicted octanol–water partition coefficient (Wildman–Crippen LogP) is 1.66. The zero-order valence-electron chi connectivity index (χ0n) is 15.1. The molecule has 0 unspecified atom stereocenters. The van der Waals surface area contributed by atoms with Gasteiger partial charge >= 0.3 is 0 Å². The Labute approximate surface area is 166 Å². The van der Waals surface area contributed by atoms with Gasteiger partial charge in [-0.05, 0) is 36.3 Å². The van der Waals surface area contributed by atoms with Gasteiger partial charge in [0.15, 0.2) is 0 Å². The van der Waals surface area contributed by atoms with Gasteiger partial charge in [-0.3, -0.25) is 19.7 Å². The summed E-state index contributed by atoms with van der Waals surface area (Å²) >= 11 is 0. The molecule has 2 N–H and O–H groups in total. The minimum Gasteiger partial charge on any atom is -0.352 e. The highest BCUT2D eigenvalue weighted by atomic mass is 32.2. The number of hydrogen-bond acceptors (Lipinski definition) is 6. The fraction of sp³-hybridized carbons (Fsp3) is 0.158. The Kier molecular flexibility index (Phi) is 5.74. The molecule has 0 radical (unpaired) electrons. The third-order valence-corrected chi connectivity index (χ3v) is 6.11. The van der Waals surface area contributed by atoms with E-state index in [1.54, 1.807) is 18.2 Å². The lowest BCUT2D eigenvalue weighted by molar-refractivity contribution is -0.384. The molecule has 0 aromatic heterocycles. The molecule has 9 nitrogen and oxygen atoms in total. The maximum absolute atomic E-state index is 12.4. The van der Waals surface area contributed by atoms with Gasteiger partial charge in [-0.2, -0.15) is 0 Å². The Bertz CT molecular complexity index is 1110. The van der Waals surface area contributed by atoms with Gasteiger partial charge in [-0.15, -0.1) is 0 Å². The summed E-state index contributed by atoms with van der Waals surface area (Å²) in [5.41, 5.74) is 0.648. The van der Waals surface area contributed by atoms with Crippen LogP contribution < -0.4 is 10.6 Å². The number of benzene rings is 2. The van der Waals surface area contributed by atoms with Crippen LogP contribution in [0.2, 0.25) is 0 Å². The fourth-order valence-electron chi connectivity index (χ4n) is 2.79. The lowest BCUT2D eigenvalue weighted by Gasteiger charge is -2.08. The third kappa shape index (κ3) is 4.32. The summed E-state index contributed by atoms with van der Waals surface area (Å²) in [5, 5.41) is 15.8. The first-order valence-electron chi connectivity index (χ1n) is 8.67. The van der Waals surface area contributed by atoms with Crippen LogP contribution in [0, 0.1) is 10.1 Å². The van der Waals surface area contributed by atoms with E-state index in [-0.39, 0.29) is 34.1 Å². The number of carbonyl (C=O) groups is 2. The van der Waals surface area contributed by atoms with Crippen molar-refractivity contribution in [1.82, 2.24) is 10.6 Å². The van der Waals surface area contributed by atoms with Crippen LogP contribution in [-0.4, -0.2) is 38.2 Å². The molecule has 0 fully saturated rings. The Balaban J connectivity index is 1.46. The van der Waals surface area contributed by atoms with E-state index < -0.39 is 26.6 Å². The molecule has 1 aliphatic rings. The number of non-ortho nitro benzene ring substituents is 1. The van der Waals surface area contributed by atoms with Crippen molar-refractivity contribution in [3.05, 3.63) is 74.7 Å². The van der Waals surface area contributed by atoms with Crippen LogP contribution in [-0.2, 0) is 14.6 Å². The molecule has 0 bridgehead atoms. The molecule has 0 saturated carbocycles. The molecule has 1 aliphatic heterocycles. The molecule has 2 aromatic carbocycles. The molecule has 0 atom stereocenters. The average Bonchev–Trinajstić information content (AvgIpc) is 2.98. The van der Waals surface area contributed by atoms with Crippen molar-refractivity contribution in [2.45, 2.75) is 11.3 Å². The summed E-state index contributed by atoms with van der Waals surface area (Å²) in [7, 11) is -3.82. The monoisotopic (exact) mass is 415 g/mol. The van der Waals surface area contributed by atoms with Crippen LogP contribution in [0.4, 0.5) is 5.69 Å². The maximum Gasteiger partial charge on any atom is 0.269 e. The number of fused-ring (bicyclic) bond motifs is 1. The van der Waals surface area contributed by atoms with Crippen molar-refractivity contribution in [3.8, 4) is 0 Å². The van der Waals surface area contributed by atoms with E-state index in [1.165, 1.54) is 36.4 Å².